The highest BCUT2D eigenvalue weighted by Gasteiger charge is 2.24. The van der Waals surface area contributed by atoms with Gasteiger partial charge in [-0.05, 0) is 63.3 Å². The zero-order chi connectivity index (χ0) is 20.9. The molecule has 30 heavy (non-hydrogen) atoms. The molecular weight excluding hydrogens is 370 g/mol. The maximum atomic E-state index is 13.1. The van der Waals surface area contributed by atoms with E-state index in [1.54, 1.807) is 0 Å². The molecule has 1 fully saturated rings. The number of nitrogens with one attached hydrogen (secondary N) is 1. The van der Waals surface area contributed by atoms with Crippen LogP contribution < -0.4 is 0 Å². The van der Waals surface area contributed by atoms with Crippen molar-refractivity contribution in [1.82, 2.24) is 14.8 Å². The zero-order valence-electron chi connectivity index (χ0n) is 18.2. The van der Waals surface area contributed by atoms with Gasteiger partial charge in [0.1, 0.15) is 5.69 Å². The Kier molecular flexibility index (Phi) is 6.53. The van der Waals surface area contributed by atoms with Gasteiger partial charge in [-0.25, -0.2) is 0 Å². The summed E-state index contributed by atoms with van der Waals surface area (Å²) in [5.74, 6) is 0.662. The number of fused-ring (bicyclic) bond motifs is 1. The van der Waals surface area contributed by atoms with Crippen molar-refractivity contribution in [3.05, 3.63) is 71.4 Å². The molecule has 4 nitrogen and oxygen atoms in total. The Morgan fingerprint density at radius 3 is 2.83 bits per heavy atom. The largest absolute Gasteiger partial charge is 0.351 e. The van der Waals surface area contributed by atoms with E-state index in [1.807, 2.05) is 35.2 Å². The highest BCUT2D eigenvalue weighted by atomic mass is 16.2. The van der Waals surface area contributed by atoms with Crippen molar-refractivity contribution < 1.29 is 4.79 Å². The predicted molar refractivity (Wildman–Crippen MR) is 124 cm³/mol. The number of aromatic nitrogens is 1. The second-order valence-electron chi connectivity index (χ2n) is 8.66. The number of benzene rings is 2. The Morgan fingerprint density at radius 2 is 2.03 bits per heavy atom. The van der Waals surface area contributed by atoms with Gasteiger partial charge in [0.25, 0.3) is 5.91 Å². The molecule has 1 saturated heterocycles. The minimum absolute atomic E-state index is 0.116. The maximum absolute atomic E-state index is 13.1. The first-order valence-electron chi connectivity index (χ1n) is 11.3. The number of para-hydroxylation sites is 1. The molecule has 4 rings (SSSR count). The summed E-state index contributed by atoms with van der Waals surface area (Å²) in [6, 6.07) is 18.9. The minimum atomic E-state index is 0.116. The molecule has 1 aliphatic heterocycles. The van der Waals surface area contributed by atoms with Crippen LogP contribution in [0.1, 0.15) is 41.4 Å². The summed E-state index contributed by atoms with van der Waals surface area (Å²) < 4.78 is 0. The van der Waals surface area contributed by atoms with Gasteiger partial charge >= 0.3 is 0 Å². The van der Waals surface area contributed by atoms with Crippen LogP contribution in [0.25, 0.3) is 10.9 Å². The van der Waals surface area contributed by atoms with Crippen molar-refractivity contribution >= 4 is 16.8 Å². The first-order valence-corrected chi connectivity index (χ1v) is 11.3. The van der Waals surface area contributed by atoms with Crippen LogP contribution in [0.3, 0.4) is 0 Å². The lowest BCUT2D eigenvalue weighted by Crippen LogP contribution is -2.43. The average molecular weight is 404 g/mol. The highest BCUT2D eigenvalue weighted by Crippen LogP contribution is 2.21. The number of carbonyl (C=O) groups excluding carboxylic acids is 1. The van der Waals surface area contributed by atoms with E-state index in [0.717, 1.165) is 43.5 Å². The van der Waals surface area contributed by atoms with Gasteiger partial charge in [0.15, 0.2) is 0 Å². The van der Waals surface area contributed by atoms with E-state index in [2.05, 4.69) is 48.0 Å². The van der Waals surface area contributed by atoms with Crippen LogP contribution >= 0.6 is 0 Å². The van der Waals surface area contributed by atoms with Crippen molar-refractivity contribution in [3.8, 4) is 0 Å². The van der Waals surface area contributed by atoms with Crippen molar-refractivity contribution in [2.45, 2.75) is 33.1 Å². The Balaban J connectivity index is 1.35. The standard InChI is InChI=1S/C26H33N3O/c1-3-29(26(30)25-17-23-11-4-5-12-24(23)27-25)19-22-10-7-14-28(18-22)15-13-21-9-6-8-20(2)16-21/h4-6,8-9,11-12,16-17,22,27H,3,7,10,13-15,18-19H2,1-2H3. The zero-order valence-corrected chi connectivity index (χ0v) is 18.2. The third-order valence-electron chi connectivity index (χ3n) is 6.31. The van der Waals surface area contributed by atoms with Gasteiger partial charge in [0.05, 0.1) is 0 Å². The number of nitrogens with zero attached hydrogens (tertiary/aromatic N) is 2. The lowest BCUT2D eigenvalue weighted by molar-refractivity contribution is 0.0686. The molecule has 0 bridgehead atoms. The first-order chi connectivity index (χ1) is 14.6. The van der Waals surface area contributed by atoms with Gasteiger partial charge in [-0.15, -0.1) is 0 Å². The quantitative estimate of drug-likeness (QED) is 0.610. The molecule has 1 atom stereocenters. The lowest BCUT2D eigenvalue weighted by Gasteiger charge is -2.35. The fourth-order valence-corrected chi connectivity index (χ4v) is 4.68. The normalized spacial score (nSPS) is 17.3. The van der Waals surface area contributed by atoms with Gasteiger partial charge in [-0.2, -0.15) is 0 Å². The van der Waals surface area contributed by atoms with Gasteiger partial charge < -0.3 is 14.8 Å². The number of aromatic amines is 1. The van der Waals surface area contributed by atoms with Crippen LogP contribution in [0.4, 0.5) is 0 Å². The minimum Gasteiger partial charge on any atom is -0.351 e. The van der Waals surface area contributed by atoms with Crippen molar-refractivity contribution in [3.63, 3.8) is 0 Å². The van der Waals surface area contributed by atoms with Crippen LogP contribution in [0, 0.1) is 12.8 Å². The summed E-state index contributed by atoms with van der Waals surface area (Å²) in [6.45, 7) is 9.18. The van der Waals surface area contributed by atoms with Crippen LogP contribution in [-0.2, 0) is 6.42 Å². The number of likely N-dealkylation sites (tertiary alicyclic amines) is 1. The Morgan fingerprint density at radius 1 is 1.17 bits per heavy atom. The molecule has 1 aliphatic rings. The SMILES string of the molecule is CCN(CC1CCCN(CCc2cccc(C)c2)C1)C(=O)c1cc2ccccc2[nH]1. The van der Waals surface area contributed by atoms with E-state index < -0.39 is 0 Å². The van der Waals surface area contributed by atoms with Crippen LogP contribution in [0.5, 0.6) is 0 Å². The molecule has 0 spiro atoms. The molecule has 1 aromatic heterocycles. The molecule has 4 heteroatoms. The van der Waals surface area contributed by atoms with E-state index in [-0.39, 0.29) is 5.91 Å². The van der Waals surface area contributed by atoms with E-state index >= 15 is 0 Å². The number of amides is 1. The van der Waals surface area contributed by atoms with Crippen LogP contribution in [0.15, 0.2) is 54.6 Å². The molecular formula is C26H33N3O. The summed E-state index contributed by atoms with van der Waals surface area (Å²) >= 11 is 0. The number of hydrogen-bond acceptors (Lipinski definition) is 2. The summed E-state index contributed by atoms with van der Waals surface area (Å²) in [5.41, 5.74) is 4.47. The summed E-state index contributed by atoms with van der Waals surface area (Å²) in [4.78, 5) is 21.0. The second-order valence-corrected chi connectivity index (χ2v) is 8.66. The van der Waals surface area contributed by atoms with E-state index in [1.165, 1.54) is 30.5 Å². The van der Waals surface area contributed by atoms with Gasteiger partial charge in [-0.3, -0.25) is 4.79 Å². The van der Waals surface area contributed by atoms with Gasteiger partial charge in [0, 0.05) is 37.1 Å². The van der Waals surface area contributed by atoms with Gasteiger partial charge in [-0.1, -0.05) is 48.0 Å². The molecule has 0 radical (unpaired) electrons. The Labute approximate surface area is 179 Å². The summed E-state index contributed by atoms with van der Waals surface area (Å²) in [7, 11) is 0. The molecule has 2 aromatic carbocycles. The van der Waals surface area contributed by atoms with Crippen molar-refractivity contribution in [2.75, 3.05) is 32.7 Å². The maximum Gasteiger partial charge on any atom is 0.270 e. The second kappa shape index (κ2) is 9.48. The molecule has 1 N–H and O–H groups in total. The smallest absolute Gasteiger partial charge is 0.270 e. The topological polar surface area (TPSA) is 39.3 Å². The number of piperidine rings is 1. The first kappa shape index (κ1) is 20.7. The number of hydrogen-bond donors (Lipinski definition) is 1. The molecule has 0 saturated carbocycles. The fraction of sp³-hybridized carbons (Fsp3) is 0.423. The Hall–Kier alpha value is -2.59. The highest BCUT2D eigenvalue weighted by molar-refractivity contribution is 5.98. The monoisotopic (exact) mass is 403 g/mol. The Bertz CT molecular complexity index is 960. The number of H-pyrrole nitrogens is 1. The number of carbonyl (C=O) groups is 1. The number of aryl methyl sites for hydroxylation is 1. The van der Waals surface area contributed by atoms with E-state index in [0.29, 0.717) is 11.6 Å². The van der Waals surface area contributed by atoms with E-state index in [4.69, 9.17) is 0 Å². The fourth-order valence-electron chi connectivity index (χ4n) is 4.68. The van der Waals surface area contributed by atoms with Crippen LogP contribution in [-0.4, -0.2) is 53.4 Å². The molecule has 1 unspecified atom stereocenters. The number of rotatable bonds is 7. The molecule has 3 aromatic rings. The molecule has 158 valence electrons. The van der Waals surface area contributed by atoms with Crippen molar-refractivity contribution in [2.24, 2.45) is 5.92 Å². The third-order valence-corrected chi connectivity index (χ3v) is 6.31. The molecule has 1 amide bonds. The lowest BCUT2D eigenvalue weighted by atomic mass is 9.96. The van der Waals surface area contributed by atoms with Crippen LogP contribution in [0.2, 0.25) is 0 Å². The third kappa shape index (κ3) is 4.93. The molecule has 0 aliphatic carbocycles. The van der Waals surface area contributed by atoms with E-state index in [9.17, 15) is 4.79 Å². The summed E-state index contributed by atoms with van der Waals surface area (Å²) in [6.07, 6.45) is 3.52. The summed E-state index contributed by atoms with van der Waals surface area (Å²) in [5, 5.41) is 1.09. The predicted octanol–water partition coefficient (Wildman–Crippen LogP) is 4.89. The van der Waals surface area contributed by atoms with Crippen molar-refractivity contribution in [1.29, 1.82) is 0 Å². The average Bonchev–Trinajstić information content (AvgIpc) is 3.20. The van der Waals surface area contributed by atoms with Gasteiger partial charge in [0.2, 0.25) is 0 Å². The molecule has 2 heterocycles.